The summed E-state index contributed by atoms with van der Waals surface area (Å²) in [5, 5.41) is 14.5. The third kappa shape index (κ3) is 3.87. The van der Waals surface area contributed by atoms with Crippen LogP contribution in [0.4, 0.5) is 10.5 Å². The predicted molar refractivity (Wildman–Crippen MR) is 75.7 cm³/mol. The largest absolute Gasteiger partial charge is 0.478 e. The van der Waals surface area contributed by atoms with Gasteiger partial charge in [0, 0.05) is 35.3 Å². The number of hydrogen-bond acceptors (Lipinski definition) is 4. The maximum atomic E-state index is 11.7. The molecule has 2 rings (SSSR count). The van der Waals surface area contributed by atoms with Gasteiger partial charge in [0.05, 0.1) is 5.69 Å². The number of aliphatic carboxylic acids is 1. The molecule has 106 valence electrons. The van der Waals surface area contributed by atoms with E-state index in [-0.39, 0.29) is 0 Å². The van der Waals surface area contributed by atoms with Gasteiger partial charge in [0.15, 0.2) is 0 Å². The van der Waals surface area contributed by atoms with E-state index in [2.05, 4.69) is 10.3 Å². The first-order valence-electron chi connectivity index (χ1n) is 5.92. The zero-order chi connectivity index (χ0) is 15.2. The maximum absolute atomic E-state index is 11.7. The molecule has 0 unspecified atom stereocenters. The Balaban J connectivity index is 2.08. The molecule has 0 radical (unpaired) electrons. The van der Waals surface area contributed by atoms with Gasteiger partial charge in [-0.2, -0.15) is 0 Å². The van der Waals surface area contributed by atoms with E-state index in [0.717, 1.165) is 16.8 Å². The van der Waals surface area contributed by atoms with Gasteiger partial charge in [0.1, 0.15) is 0 Å². The summed E-state index contributed by atoms with van der Waals surface area (Å²) in [6.07, 6.45) is 4.65. The molecule has 0 aliphatic carbocycles. The van der Waals surface area contributed by atoms with Gasteiger partial charge in [0.25, 0.3) is 5.91 Å². The van der Waals surface area contributed by atoms with Gasteiger partial charge in [-0.25, -0.2) is 9.59 Å². The van der Waals surface area contributed by atoms with Crippen molar-refractivity contribution in [2.75, 3.05) is 5.32 Å². The SMILES string of the molecule is O=C(O)/C=C/C(=O)NC(=O)Nc1cccc2cnccc12. The Morgan fingerprint density at radius 3 is 2.71 bits per heavy atom. The summed E-state index contributed by atoms with van der Waals surface area (Å²) in [6, 6.07) is 6.24. The topological polar surface area (TPSA) is 108 Å². The van der Waals surface area contributed by atoms with E-state index < -0.39 is 17.9 Å². The summed E-state index contributed by atoms with van der Waals surface area (Å²) in [6.45, 7) is 0. The van der Waals surface area contributed by atoms with Crippen LogP contribution in [-0.4, -0.2) is 28.0 Å². The number of nitrogens with zero attached hydrogens (tertiary/aromatic N) is 1. The van der Waals surface area contributed by atoms with E-state index >= 15 is 0 Å². The van der Waals surface area contributed by atoms with Crippen LogP contribution in [0.1, 0.15) is 0 Å². The van der Waals surface area contributed by atoms with Gasteiger partial charge < -0.3 is 10.4 Å². The van der Waals surface area contributed by atoms with Crippen molar-refractivity contribution in [1.82, 2.24) is 10.3 Å². The average molecular weight is 285 g/mol. The van der Waals surface area contributed by atoms with Crippen molar-refractivity contribution in [3.63, 3.8) is 0 Å². The highest BCUT2D eigenvalue weighted by molar-refractivity contribution is 6.09. The molecular weight excluding hydrogens is 274 g/mol. The number of carboxylic acid groups (broad SMARTS) is 1. The Kier molecular flexibility index (Phi) is 4.25. The molecule has 0 aliphatic heterocycles. The maximum Gasteiger partial charge on any atom is 0.328 e. The number of fused-ring (bicyclic) bond motifs is 1. The smallest absolute Gasteiger partial charge is 0.328 e. The number of carbonyl (C=O) groups is 3. The second-order valence-electron chi connectivity index (χ2n) is 4.02. The first kappa shape index (κ1) is 14.2. The number of hydrogen-bond donors (Lipinski definition) is 3. The quantitative estimate of drug-likeness (QED) is 0.741. The van der Waals surface area contributed by atoms with E-state index in [1.165, 1.54) is 0 Å². The van der Waals surface area contributed by atoms with Crippen molar-refractivity contribution in [3.8, 4) is 0 Å². The lowest BCUT2D eigenvalue weighted by Gasteiger charge is -2.08. The number of pyridine rings is 1. The highest BCUT2D eigenvalue weighted by atomic mass is 16.4. The Labute approximate surface area is 119 Å². The second kappa shape index (κ2) is 6.29. The van der Waals surface area contributed by atoms with Crippen LogP contribution in [0, 0.1) is 0 Å². The van der Waals surface area contributed by atoms with Gasteiger partial charge in [-0.3, -0.25) is 15.1 Å². The van der Waals surface area contributed by atoms with Gasteiger partial charge in [-0.05, 0) is 12.1 Å². The van der Waals surface area contributed by atoms with Crippen molar-refractivity contribution in [2.45, 2.75) is 0 Å². The molecule has 3 amide bonds. The van der Waals surface area contributed by atoms with Crippen molar-refractivity contribution in [1.29, 1.82) is 0 Å². The second-order valence-corrected chi connectivity index (χ2v) is 4.02. The molecule has 0 aliphatic rings. The lowest BCUT2D eigenvalue weighted by molar-refractivity contribution is -0.131. The van der Waals surface area contributed by atoms with Gasteiger partial charge in [0.2, 0.25) is 0 Å². The molecule has 0 bridgehead atoms. The molecule has 0 atom stereocenters. The number of urea groups is 1. The number of nitrogens with one attached hydrogen (secondary N) is 2. The molecular formula is C14H11N3O4. The van der Waals surface area contributed by atoms with Crippen molar-refractivity contribution >= 4 is 34.4 Å². The predicted octanol–water partition coefficient (Wildman–Crippen LogP) is 1.52. The number of rotatable bonds is 3. The molecule has 0 fully saturated rings. The highest BCUT2D eigenvalue weighted by Gasteiger charge is 2.07. The van der Waals surface area contributed by atoms with E-state index in [1.807, 2.05) is 11.4 Å². The Morgan fingerprint density at radius 1 is 1.14 bits per heavy atom. The zero-order valence-corrected chi connectivity index (χ0v) is 10.7. The Bertz CT molecular complexity index is 735. The Hall–Kier alpha value is -3.22. The summed E-state index contributed by atoms with van der Waals surface area (Å²) in [4.78, 5) is 37.2. The molecule has 7 heteroatoms. The molecule has 0 saturated heterocycles. The third-order valence-electron chi connectivity index (χ3n) is 2.54. The van der Waals surface area contributed by atoms with Gasteiger partial charge in [-0.1, -0.05) is 12.1 Å². The molecule has 3 N–H and O–H groups in total. The van der Waals surface area contributed by atoms with E-state index in [4.69, 9.17) is 5.11 Å². The number of aromatic nitrogens is 1. The first-order chi connectivity index (χ1) is 10.1. The van der Waals surface area contributed by atoms with Crippen LogP contribution in [-0.2, 0) is 9.59 Å². The lowest BCUT2D eigenvalue weighted by atomic mass is 10.1. The van der Waals surface area contributed by atoms with E-state index in [9.17, 15) is 14.4 Å². The van der Waals surface area contributed by atoms with E-state index in [1.54, 1.807) is 30.6 Å². The summed E-state index contributed by atoms with van der Waals surface area (Å²) < 4.78 is 0. The molecule has 2 aromatic rings. The fourth-order valence-corrected chi connectivity index (χ4v) is 1.69. The number of amides is 3. The normalized spacial score (nSPS) is 10.5. The molecule has 1 aromatic carbocycles. The fraction of sp³-hybridized carbons (Fsp3) is 0. The molecule has 1 heterocycles. The van der Waals surface area contributed by atoms with Crippen LogP contribution in [0.25, 0.3) is 10.8 Å². The zero-order valence-electron chi connectivity index (χ0n) is 10.7. The van der Waals surface area contributed by atoms with Crippen molar-refractivity contribution in [3.05, 3.63) is 48.8 Å². The molecule has 1 aromatic heterocycles. The van der Waals surface area contributed by atoms with Crippen LogP contribution in [0.15, 0.2) is 48.8 Å². The number of anilines is 1. The average Bonchev–Trinajstić information content (AvgIpc) is 2.45. The number of carboxylic acids is 1. The van der Waals surface area contributed by atoms with Crippen molar-refractivity contribution < 1.29 is 19.5 Å². The van der Waals surface area contributed by atoms with Gasteiger partial charge in [-0.15, -0.1) is 0 Å². The minimum Gasteiger partial charge on any atom is -0.478 e. The third-order valence-corrected chi connectivity index (χ3v) is 2.54. The summed E-state index contributed by atoms with van der Waals surface area (Å²) in [7, 11) is 0. The van der Waals surface area contributed by atoms with Crippen LogP contribution in [0.5, 0.6) is 0 Å². The summed E-state index contributed by atoms with van der Waals surface area (Å²) in [5.41, 5.74) is 0.516. The van der Waals surface area contributed by atoms with Gasteiger partial charge >= 0.3 is 12.0 Å². The Morgan fingerprint density at radius 2 is 1.95 bits per heavy atom. The van der Waals surface area contributed by atoms with Crippen LogP contribution in [0.3, 0.4) is 0 Å². The molecule has 21 heavy (non-hydrogen) atoms. The minimum atomic E-state index is -1.27. The number of imide groups is 1. The lowest BCUT2D eigenvalue weighted by Crippen LogP contribution is -2.33. The van der Waals surface area contributed by atoms with Crippen molar-refractivity contribution in [2.24, 2.45) is 0 Å². The standard InChI is InChI=1S/C14H11N3O4/c18-12(4-5-13(19)20)17-14(21)16-11-3-1-2-9-8-15-7-6-10(9)11/h1-8H,(H,19,20)(H2,16,17,18,21)/b5-4+. The van der Waals surface area contributed by atoms with Crippen LogP contribution in [0.2, 0.25) is 0 Å². The molecule has 0 saturated carbocycles. The van der Waals surface area contributed by atoms with E-state index in [0.29, 0.717) is 11.8 Å². The first-order valence-corrected chi connectivity index (χ1v) is 5.92. The fourth-order valence-electron chi connectivity index (χ4n) is 1.69. The monoisotopic (exact) mass is 285 g/mol. The highest BCUT2D eigenvalue weighted by Crippen LogP contribution is 2.21. The summed E-state index contributed by atoms with van der Waals surface area (Å²) in [5.74, 6) is -2.09. The molecule has 7 nitrogen and oxygen atoms in total. The number of benzene rings is 1. The summed E-state index contributed by atoms with van der Waals surface area (Å²) >= 11 is 0. The van der Waals surface area contributed by atoms with Crippen LogP contribution < -0.4 is 10.6 Å². The van der Waals surface area contributed by atoms with Crippen LogP contribution >= 0.6 is 0 Å². The molecule has 0 spiro atoms. The number of carbonyl (C=O) groups excluding carboxylic acids is 2. The minimum absolute atomic E-state index is 0.516.